The van der Waals surface area contributed by atoms with E-state index in [9.17, 15) is 8.42 Å². The highest BCUT2D eigenvalue weighted by molar-refractivity contribution is 7.89. The molecular formula is C32H31N3O2S. The average molecular weight is 522 g/mol. The van der Waals surface area contributed by atoms with E-state index in [0.29, 0.717) is 24.7 Å². The number of anilines is 2. The molecule has 5 nitrogen and oxygen atoms in total. The predicted octanol–water partition coefficient (Wildman–Crippen LogP) is 6.05. The van der Waals surface area contributed by atoms with Crippen molar-refractivity contribution in [1.29, 1.82) is 0 Å². The molecule has 192 valence electrons. The van der Waals surface area contributed by atoms with Crippen LogP contribution in [0.15, 0.2) is 95.9 Å². The Morgan fingerprint density at radius 1 is 0.763 bits per heavy atom. The standard InChI is InChI=1S/C32H31N3O2S/c1-22-9-13-27(14-10-22)38(36,37)35-21-33-20-32(26-7-5-4-6-8-26)31(35)28-18-24(3)12-16-30(28)34(32)19-25-17-23(2)11-15-29(25)33/h4-18,31H,19-21H2,1-3H3. The first-order valence-corrected chi connectivity index (χ1v) is 14.6. The summed E-state index contributed by atoms with van der Waals surface area (Å²) in [6, 6.07) is 30.5. The summed E-state index contributed by atoms with van der Waals surface area (Å²) in [4.78, 5) is 5.10. The van der Waals surface area contributed by atoms with Crippen LogP contribution in [0.5, 0.6) is 0 Å². The normalized spacial score (nSPS) is 22.1. The Morgan fingerprint density at radius 2 is 1.42 bits per heavy atom. The highest BCUT2D eigenvalue weighted by Crippen LogP contribution is 2.60. The number of hydrogen-bond acceptors (Lipinski definition) is 4. The third-order valence-corrected chi connectivity index (χ3v) is 10.3. The number of fused-ring (bicyclic) bond motifs is 6. The Balaban J connectivity index is 1.55. The molecule has 38 heavy (non-hydrogen) atoms. The number of aryl methyl sites for hydroxylation is 3. The minimum Gasteiger partial charge on any atom is -0.354 e. The third-order valence-electron chi connectivity index (χ3n) is 8.54. The average Bonchev–Trinajstić information content (AvgIpc) is 3.12. The van der Waals surface area contributed by atoms with Crippen LogP contribution in [0.4, 0.5) is 11.4 Å². The van der Waals surface area contributed by atoms with Crippen LogP contribution in [0.1, 0.15) is 39.4 Å². The van der Waals surface area contributed by atoms with E-state index >= 15 is 0 Å². The fourth-order valence-electron chi connectivity index (χ4n) is 6.81. The van der Waals surface area contributed by atoms with Crippen molar-refractivity contribution in [2.75, 3.05) is 23.0 Å². The molecule has 6 heteroatoms. The lowest BCUT2D eigenvalue weighted by molar-refractivity contribution is 0.171. The molecule has 3 aliphatic heterocycles. The van der Waals surface area contributed by atoms with Gasteiger partial charge in [0.1, 0.15) is 5.54 Å². The van der Waals surface area contributed by atoms with Crippen molar-refractivity contribution < 1.29 is 8.42 Å². The molecule has 7 rings (SSSR count). The van der Waals surface area contributed by atoms with E-state index in [2.05, 4.69) is 84.3 Å². The SMILES string of the molecule is Cc1ccc(S(=O)(=O)N2CN3CC4(c5ccccc5)C2c2cc(C)ccc2N4Cc2cc(C)ccc23)cc1. The van der Waals surface area contributed by atoms with E-state index in [1.165, 1.54) is 11.1 Å². The zero-order valence-corrected chi connectivity index (χ0v) is 22.7. The largest absolute Gasteiger partial charge is 0.354 e. The zero-order valence-electron chi connectivity index (χ0n) is 21.9. The molecule has 2 unspecified atom stereocenters. The number of benzene rings is 4. The first-order chi connectivity index (χ1) is 18.3. The van der Waals surface area contributed by atoms with E-state index in [1.54, 1.807) is 16.4 Å². The Morgan fingerprint density at radius 3 is 2.16 bits per heavy atom. The van der Waals surface area contributed by atoms with Crippen molar-refractivity contribution in [3.8, 4) is 0 Å². The molecule has 4 aromatic carbocycles. The van der Waals surface area contributed by atoms with Crippen molar-refractivity contribution in [3.05, 3.63) is 124 Å². The number of nitrogens with zero attached hydrogens (tertiary/aromatic N) is 3. The lowest BCUT2D eigenvalue weighted by atomic mass is 9.79. The molecule has 0 amide bonds. The van der Waals surface area contributed by atoms with Crippen LogP contribution in [-0.4, -0.2) is 25.9 Å². The van der Waals surface area contributed by atoms with Gasteiger partial charge in [0.2, 0.25) is 10.0 Å². The maximum atomic E-state index is 14.5. The number of rotatable bonds is 3. The van der Waals surface area contributed by atoms with Crippen molar-refractivity contribution in [3.63, 3.8) is 0 Å². The van der Waals surface area contributed by atoms with Gasteiger partial charge in [-0.15, -0.1) is 0 Å². The second-order valence-electron chi connectivity index (χ2n) is 11.0. The Labute approximate surface area is 225 Å². The molecule has 0 radical (unpaired) electrons. The second kappa shape index (κ2) is 8.19. The molecule has 1 saturated heterocycles. The zero-order chi connectivity index (χ0) is 26.2. The summed E-state index contributed by atoms with van der Waals surface area (Å²) < 4.78 is 30.9. The first kappa shape index (κ1) is 23.5. The van der Waals surface area contributed by atoms with Gasteiger partial charge in [0.15, 0.2) is 0 Å². The quantitative estimate of drug-likeness (QED) is 0.329. The molecule has 1 fully saturated rings. The molecule has 0 spiro atoms. The van der Waals surface area contributed by atoms with Crippen molar-refractivity contribution in [1.82, 2.24) is 4.31 Å². The number of hydrogen-bond donors (Lipinski definition) is 0. The van der Waals surface area contributed by atoms with Crippen LogP contribution < -0.4 is 9.80 Å². The summed E-state index contributed by atoms with van der Waals surface area (Å²) in [6.07, 6.45) is 0. The van der Waals surface area contributed by atoms with Crippen LogP contribution in [-0.2, 0) is 22.1 Å². The number of sulfonamides is 1. The van der Waals surface area contributed by atoms with E-state index in [0.717, 1.165) is 33.6 Å². The topological polar surface area (TPSA) is 43.9 Å². The van der Waals surface area contributed by atoms with E-state index < -0.39 is 15.6 Å². The second-order valence-corrected chi connectivity index (χ2v) is 12.9. The van der Waals surface area contributed by atoms with Crippen LogP contribution in [0, 0.1) is 20.8 Å². The molecule has 4 aromatic rings. The summed E-state index contributed by atoms with van der Waals surface area (Å²) in [7, 11) is -3.82. The highest BCUT2D eigenvalue weighted by Gasteiger charge is 2.61. The fourth-order valence-corrected chi connectivity index (χ4v) is 8.42. The van der Waals surface area contributed by atoms with Gasteiger partial charge < -0.3 is 9.80 Å². The van der Waals surface area contributed by atoms with Crippen LogP contribution >= 0.6 is 0 Å². The first-order valence-electron chi connectivity index (χ1n) is 13.2. The van der Waals surface area contributed by atoms with Gasteiger partial charge in [-0.25, -0.2) is 8.42 Å². The fraction of sp³-hybridized carbons (Fsp3) is 0.250. The predicted molar refractivity (Wildman–Crippen MR) is 152 cm³/mol. The summed E-state index contributed by atoms with van der Waals surface area (Å²) >= 11 is 0. The Kier molecular flexibility index (Phi) is 5.07. The van der Waals surface area contributed by atoms with Gasteiger partial charge in [-0.05, 0) is 61.7 Å². The smallest absolute Gasteiger partial charge is 0.245 e. The van der Waals surface area contributed by atoms with Crippen molar-refractivity contribution >= 4 is 21.4 Å². The molecule has 3 aliphatic rings. The minimum atomic E-state index is -3.82. The lowest BCUT2D eigenvalue weighted by Gasteiger charge is -2.52. The molecule has 0 aliphatic carbocycles. The molecule has 2 atom stereocenters. The van der Waals surface area contributed by atoms with Crippen LogP contribution in [0.3, 0.4) is 0 Å². The molecule has 3 heterocycles. The van der Waals surface area contributed by atoms with E-state index in [1.807, 2.05) is 25.1 Å². The third kappa shape index (κ3) is 3.23. The Hall–Kier alpha value is -3.61. The lowest BCUT2D eigenvalue weighted by Crippen LogP contribution is -2.63. The molecule has 0 saturated carbocycles. The van der Waals surface area contributed by atoms with Crippen LogP contribution in [0.2, 0.25) is 0 Å². The van der Waals surface area contributed by atoms with Gasteiger partial charge in [-0.1, -0.05) is 83.4 Å². The van der Waals surface area contributed by atoms with Gasteiger partial charge in [0, 0.05) is 24.5 Å². The van der Waals surface area contributed by atoms with Gasteiger partial charge in [0.05, 0.1) is 17.6 Å². The van der Waals surface area contributed by atoms with Crippen LogP contribution in [0.25, 0.3) is 0 Å². The maximum Gasteiger partial charge on any atom is 0.245 e. The maximum absolute atomic E-state index is 14.5. The van der Waals surface area contributed by atoms with Crippen molar-refractivity contribution in [2.24, 2.45) is 0 Å². The summed E-state index contributed by atoms with van der Waals surface area (Å²) in [5.41, 5.74) is 8.47. The van der Waals surface area contributed by atoms with E-state index in [-0.39, 0.29) is 6.04 Å². The summed E-state index contributed by atoms with van der Waals surface area (Å²) in [5.74, 6) is 0. The Bertz CT molecular complexity index is 1670. The molecular weight excluding hydrogens is 490 g/mol. The van der Waals surface area contributed by atoms with Gasteiger partial charge in [-0.3, -0.25) is 0 Å². The summed E-state index contributed by atoms with van der Waals surface area (Å²) in [5, 5.41) is 0. The molecule has 0 N–H and O–H groups in total. The summed E-state index contributed by atoms with van der Waals surface area (Å²) in [6.45, 7) is 7.91. The van der Waals surface area contributed by atoms with Gasteiger partial charge in [0.25, 0.3) is 0 Å². The minimum absolute atomic E-state index is 0.298. The monoisotopic (exact) mass is 521 g/mol. The molecule has 2 bridgehead atoms. The van der Waals surface area contributed by atoms with E-state index in [4.69, 9.17) is 0 Å². The van der Waals surface area contributed by atoms with Gasteiger partial charge in [-0.2, -0.15) is 4.31 Å². The highest BCUT2D eigenvalue weighted by atomic mass is 32.2. The molecule has 0 aromatic heterocycles. The van der Waals surface area contributed by atoms with Gasteiger partial charge >= 0.3 is 0 Å². The van der Waals surface area contributed by atoms with Crippen molar-refractivity contribution in [2.45, 2.75) is 43.8 Å².